The van der Waals surface area contributed by atoms with Gasteiger partial charge in [0, 0.05) is 6.07 Å². The third kappa shape index (κ3) is 5.29. The molecule has 4 rings (SSSR count). The predicted molar refractivity (Wildman–Crippen MR) is 119 cm³/mol. The van der Waals surface area contributed by atoms with E-state index < -0.39 is 0 Å². The zero-order valence-electron chi connectivity index (χ0n) is 18.4. The molecule has 0 radical (unpaired) electrons. The molecule has 1 fully saturated rings. The molecule has 1 atom stereocenters. The number of methoxy groups -OCH3 is 2. The molecule has 1 N–H and O–H groups in total. The summed E-state index contributed by atoms with van der Waals surface area (Å²) in [7, 11) is 3.07. The van der Waals surface area contributed by atoms with Gasteiger partial charge in [-0.1, -0.05) is 35.5 Å². The fraction of sp³-hybridized carbons (Fsp3) is 0.304. The van der Waals surface area contributed by atoms with E-state index in [4.69, 9.17) is 14.2 Å². The normalized spacial score (nSPS) is 15.9. The Morgan fingerprint density at radius 1 is 1.18 bits per heavy atom. The molecule has 0 unspecified atom stereocenters. The molecule has 0 saturated carbocycles. The standard InChI is InChI=1S/C23H25N5O5/c1-31-18-8-9-21(32-2)19(10-18)24-22(29)13-27-11-17(25-26-27)12-28-20(14-33-15-23(28)30)16-6-4-3-5-7-16/h3-11,20H,12-15H2,1-2H3,(H,24,29)/t20-/m0/s1. The molecule has 2 aromatic carbocycles. The number of morpholine rings is 1. The van der Waals surface area contributed by atoms with Crippen LogP contribution in [-0.2, 0) is 27.4 Å². The van der Waals surface area contributed by atoms with Crippen molar-refractivity contribution in [3.8, 4) is 11.5 Å². The summed E-state index contributed by atoms with van der Waals surface area (Å²) < 4.78 is 17.4. The summed E-state index contributed by atoms with van der Waals surface area (Å²) >= 11 is 0. The van der Waals surface area contributed by atoms with Gasteiger partial charge < -0.3 is 24.4 Å². The molecule has 0 bridgehead atoms. The van der Waals surface area contributed by atoms with Crippen molar-refractivity contribution in [2.24, 2.45) is 0 Å². The second-order valence-electron chi connectivity index (χ2n) is 7.49. The van der Waals surface area contributed by atoms with Crippen molar-refractivity contribution in [2.75, 3.05) is 32.8 Å². The van der Waals surface area contributed by atoms with Crippen LogP contribution in [0.5, 0.6) is 11.5 Å². The summed E-state index contributed by atoms with van der Waals surface area (Å²) in [5.74, 6) is 0.689. The molecule has 10 nitrogen and oxygen atoms in total. The predicted octanol–water partition coefficient (Wildman–Crippen LogP) is 2.03. The average Bonchev–Trinajstić information content (AvgIpc) is 3.27. The molecule has 10 heteroatoms. The molecular weight excluding hydrogens is 426 g/mol. The SMILES string of the molecule is COc1ccc(OC)c(NC(=O)Cn2cc(CN3C(=O)COC[C@H]3c3ccccc3)nn2)c1. The van der Waals surface area contributed by atoms with Gasteiger partial charge in [-0.2, -0.15) is 0 Å². The van der Waals surface area contributed by atoms with Crippen LogP contribution in [0.25, 0.3) is 0 Å². The van der Waals surface area contributed by atoms with Crippen molar-refractivity contribution >= 4 is 17.5 Å². The summed E-state index contributed by atoms with van der Waals surface area (Å²) in [6.45, 7) is 0.663. The molecule has 3 aromatic rings. The number of nitrogens with one attached hydrogen (secondary N) is 1. The minimum absolute atomic E-state index is 0.0300. The van der Waals surface area contributed by atoms with Crippen molar-refractivity contribution < 1.29 is 23.8 Å². The number of hydrogen-bond acceptors (Lipinski definition) is 7. The van der Waals surface area contributed by atoms with Crippen LogP contribution in [-0.4, -0.2) is 59.1 Å². The molecule has 172 valence electrons. The molecule has 0 aliphatic carbocycles. The summed E-state index contributed by atoms with van der Waals surface area (Å²) in [4.78, 5) is 26.8. The van der Waals surface area contributed by atoms with Gasteiger partial charge in [-0.25, -0.2) is 4.68 Å². The lowest BCUT2D eigenvalue weighted by Gasteiger charge is -2.35. The van der Waals surface area contributed by atoms with Gasteiger partial charge in [-0.3, -0.25) is 9.59 Å². The Kier molecular flexibility index (Phi) is 6.84. The van der Waals surface area contributed by atoms with Gasteiger partial charge in [-0.05, 0) is 17.7 Å². The molecule has 33 heavy (non-hydrogen) atoms. The van der Waals surface area contributed by atoms with Gasteiger partial charge in [0.05, 0.1) is 45.3 Å². The number of benzene rings is 2. The maximum absolute atomic E-state index is 12.6. The second-order valence-corrected chi connectivity index (χ2v) is 7.49. The molecular formula is C23H25N5O5. The lowest BCUT2D eigenvalue weighted by Crippen LogP contribution is -2.43. The Bertz CT molecular complexity index is 1120. The number of amides is 2. The highest BCUT2D eigenvalue weighted by atomic mass is 16.5. The first-order valence-electron chi connectivity index (χ1n) is 10.4. The Balaban J connectivity index is 1.42. The lowest BCUT2D eigenvalue weighted by molar-refractivity contribution is -0.149. The number of carbonyl (C=O) groups excluding carboxylic acids is 2. The number of rotatable bonds is 8. The molecule has 1 aliphatic heterocycles. The van der Waals surface area contributed by atoms with Crippen molar-refractivity contribution in [3.63, 3.8) is 0 Å². The third-order valence-electron chi connectivity index (χ3n) is 5.29. The Morgan fingerprint density at radius 3 is 2.76 bits per heavy atom. The number of ether oxygens (including phenoxy) is 3. The van der Waals surface area contributed by atoms with E-state index in [2.05, 4.69) is 15.6 Å². The summed E-state index contributed by atoms with van der Waals surface area (Å²) in [6, 6.07) is 14.6. The maximum Gasteiger partial charge on any atom is 0.249 e. The smallest absolute Gasteiger partial charge is 0.249 e. The fourth-order valence-corrected chi connectivity index (χ4v) is 3.67. The summed E-state index contributed by atoms with van der Waals surface area (Å²) in [6.07, 6.45) is 1.66. The second kappa shape index (κ2) is 10.1. The van der Waals surface area contributed by atoms with E-state index in [0.29, 0.717) is 29.5 Å². The summed E-state index contributed by atoms with van der Waals surface area (Å²) in [5.41, 5.74) is 2.06. The van der Waals surface area contributed by atoms with Gasteiger partial charge in [0.1, 0.15) is 30.3 Å². The van der Waals surface area contributed by atoms with Gasteiger partial charge in [0.15, 0.2) is 0 Å². The minimum Gasteiger partial charge on any atom is -0.497 e. The minimum atomic E-state index is -0.303. The Morgan fingerprint density at radius 2 is 2.00 bits per heavy atom. The van der Waals surface area contributed by atoms with Gasteiger partial charge >= 0.3 is 0 Å². The molecule has 2 heterocycles. The highest BCUT2D eigenvalue weighted by molar-refractivity contribution is 5.92. The van der Waals surface area contributed by atoms with Crippen LogP contribution in [0.3, 0.4) is 0 Å². The van der Waals surface area contributed by atoms with Crippen LogP contribution in [0.15, 0.2) is 54.7 Å². The van der Waals surface area contributed by atoms with E-state index in [1.807, 2.05) is 30.3 Å². The van der Waals surface area contributed by atoms with E-state index in [9.17, 15) is 9.59 Å². The Hall–Kier alpha value is -3.92. The van der Waals surface area contributed by atoms with Crippen LogP contribution in [0.4, 0.5) is 5.69 Å². The van der Waals surface area contributed by atoms with Crippen LogP contribution in [0.2, 0.25) is 0 Å². The van der Waals surface area contributed by atoms with Gasteiger partial charge in [0.25, 0.3) is 0 Å². The number of hydrogen-bond donors (Lipinski definition) is 1. The quantitative estimate of drug-likeness (QED) is 0.558. The van der Waals surface area contributed by atoms with Crippen LogP contribution >= 0.6 is 0 Å². The zero-order chi connectivity index (χ0) is 23.2. The highest BCUT2D eigenvalue weighted by Crippen LogP contribution is 2.29. The third-order valence-corrected chi connectivity index (χ3v) is 5.29. The first-order valence-corrected chi connectivity index (χ1v) is 10.4. The molecule has 1 aliphatic rings. The van der Waals surface area contributed by atoms with Crippen molar-refractivity contribution in [1.82, 2.24) is 19.9 Å². The number of aromatic nitrogens is 3. The molecule has 0 spiro atoms. The van der Waals surface area contributed by atoms with Gasteiger partial charge in [-0.15, -0.1) is 5.10 Å². The maximum atomic E-state index is 12.6. The van der Waals surface area contributed by atoms with Crippen molar-refractivity contribution in [2.45, 2.75) is 19.1 Å². The summed E-state index contributed by atoms with van der Waals surface area (Å²) in [5, 5.41) is 11.0. The number of anilines is 1. The number of carbonyl (C=O) groups is 2. The monoisotopic (exact) mass is 451 g/mol. The lowest BCUT2D eigenvalue weighted by atomic mass is 10.0. The largest absolute Gasteiger partial charge is 0.497 e. The van der Waals surface area contributed by atoms with E-state index >= 15 is 0 Å². The average molecular weight is 451 g/mol. The van der Waals surface area contributed by atoms with E-state index in [0.717, 1.165) is 5.56 Å². The van der Waals surface area contributed by atoms with Crippen molar-refractivity contribution in [1.29, 1.82) is 0 Å². The molecule has 1 saturated heterocycles. The molecule has 1 aromatic heterocycles. The fourth-order valence-electron chi connectivity index (χ4n) is 3.67. The highest BCUT2D eigenvalue weighted by Gasteiger charge is 2.30. The first kappa shape index (κ1) is 22.3. The van der Waals surface area contributed by atoms with Crippen LogP contribution in [0.1, 0.15) is 17.3 Å². The van der Waals surface area contributed by atoms with E-state index in [-0.39, 0.29) is 37.6 Å². The van der Waals surface area contributed by atoms with Gasteiger partial charge in [0.2, 0.25) is 11.8 Å². The molecule has 2 amide bonds. The zero-order valence-corrected chi connectivity index (χ0v) is 18.4. The Labute approximate surface area is 191 Å². The van der Waals surface area contributed by atoms with Crippen molar-refractivity contribution in [3.05, 3.63) is 66.0 Å². The topological polar surface area (TPSA) is 108 Å². The van der Waals surface area contributed by atoms with E-state index in [1.54, 1.807) is 36.4 Å². The van der Waals surface area contributed by atoms with Crippen LogP contribution < -0.4 is 14.8 Å². The number of nitrogens with zero attached hydrogens (tertiary/aromatic N) is 4. The van der Waals surface area contributed by atoms with E-state index in [1.165, 1.54) is 11.8 Å². The van der Waals surface area contributed by atoms with Crippen LogP contribution in [0, 0.1) is 0 Å². The first-order chi connectivity index (χ1) is 16.1.